The monoisotopic (exact) mass is 289 g/mol. The van der Waals surface area contributed by atoms with E-state index in [1.807, 2.05) is 12.1 Å². The van der Waals surface area contributed by atoms with Gasteiger partial charge in [0.15, 0.2) is 11.5 Å². The highest BCUT2D eigenvalue weighted by Crippen LogP contribution is 2.30. The average Bonchev–Trinajstić information content (AvgIpc) is 2.51. The van der Waals surface area contributed by atoms with Crippen molar-refractivity contribution in [1.82, 2.24) is 5.32 Å². The van der Waals surface area contributed by atoms with Crippen molar-refractivity contribution in [2.45, 2.75) is 6.54 Å². The van der Waals surface area contributed by atoms with Crippen LogP contribution in [0.4, 0.5) is 4.39 Å². The van der Waals surface area contributed by atoms with Gasteiger partial charge in [-0.15, -0.1) is 0 Å². The Morgan fingerprint density at radius 1 is 1.14 bits per heavy atom. The van der Waals surface area contributed by atoms with E-state index in [1.54, 1.807) is 19.2 Å². The number of rotatable bonds is 5. The van der Waals surface area contributed by atoms with E-state index in [0.29, 0.717) is 11.5 Å². The van der Waals surface area contributed by atoms with Gasteiger partial charge < -0.3 is 14.8 Å². The first kappa shape index (κ1) is 14.8. The van der Waals surface area contributed by atoms with Crippen molar-refractivity contribution in [3.63, 3.8) is 0 Å². The van der Waals surface area contributed by atoms with E-state index in [9.17, 15) is 9.18 Å². The summed E-state index contributed by atoms with van der Waals surface area (Å²) in [5, 5.41) is 2.73. The van der Waals surface area contributed by atoms with Gasteiger partial charge in [0.05, 0.1) is 14.2 Å². The molecule has 0 aromatic heterocycles. The first-order chi connectivity index (χ1) is 10.2. The Morgan fingerprint density at radius 3 is 2.57 bits per heavy atom. The van der Waals surface area contributed by atoms with E-state index < -0.39 is 5.82 Å². The van der Waals surface area contributed by atoms with E-state index in [2.05, 4.69) is 5.32 Å². The van der Waals surface area contributed by atoms with Crippen molar-refractivity contribution in [2.75, 3.05) is 14.2 Å². The molecule has 0 bridgehead atoms. The topological polar surface area (TPSA) is 47.6 Å². The van der Waals surface area contributed by atoms with Gasteiger partial charge in [0, 0.05) is 17.7 Å². The van der Waals surface area contributed by atoms with E-state index in [-0.39, 0.29) is 18.0 Å². The van der Waals surface area contributed by atoms with Gasteiger partial charge in [-0.3, -0.25) is 4.79 Å². The molecule has 4 nitrogen and oxygen atoms in total. The minimum absolute atomic E-state index is 0.260. The Bertz CT molecular complexity index is 643. The maximum Gasteiger partial charge on any atom is 0.251 e. The van der Waals surface area contributed by atoms with Gasteiger partial charge in [0.1, 0.15) is 5.82 Å². The number of ether oxygens (including phenoxy) is 2. The van der Waals surface area contributed by atoms with Crippen LogP contribution in [0.3, 0.4) is 0 Å². The summed E-state index contributed by atoms with van der Waals surface area (Å²) in [5.74, 6) is 0.371. The van der Waals surface area contributed by atoms with Crippen molar-refractivity contribution in [3.8, 4) is 11.5 Å². The van der Waals surface area contributed by atoms with Crippen LogP contribution >= 0.6 is 0 Å². The molecular weight excluding hydrogens is 273 g/mol. The lowest BCUT2D eigenvalue weighted by Gasteiger charge is -2.13. The summed E-state index contributed by atoms with van der Waals surface area (Å²) in [4.78, 5) is 12.0. The highest BCUT2D eigenvalue weighted by Gasteiger charge is 2.11. The van der Waals surface area contributed by atoms with Gasteiger partial charge in [-0.1, -0.05) is 18.2 Å². The minimum Gasteiger partial charge on any atom is -0.493 e. The lowest BCUT2D eigenvalue weighted by Crippen LogP contribution is -2.23. The van der Waals surface area contributed by atoms with Gasteiger partial charge in [0.25, 0.3) is 5.91 Å². The van der Waals surface area contributed by atoms with E-state index >= 15 is 0 Å². The molecule has 5 heteroatoms. The molecule has 0 aliphatic rings. The van der Waals surface area contributed by atoms with E-state index in [4.69, 9.17) is 9.47 Å². The molecule has 21 heavy (non-hydrogen) atoms. The van der Waals surface area contributed by atoms with Crippen LogP contribution in [-0.4, -0.2) is 20.1 Å². The molecule has 2 rings (SSSR count). The van der Waals surface area contributed by atoms with Gasteiger partial charge in [0.2, 0.25) is 0 Å². The van der Waals surface area contributed by atoms with Gasteiger partial charge >= 0.3 is 0 Å². The molecule has 110 valence electrons. The van der Waals surface area contributed by atoms with E-state index in [1.165, 1.54) is 25.3 Å². The minimum atomic E-state index is -0.443. The first-order valence-electron chi connectivity index (χ1n) is 6.39. The molecular formula is C16H16FNO3. The molecule has 0 fully saturated rings. The van der Waals surface area contributed by atoms with Crippen LogP contribution in [0.5, 0.6) is 11.5 Å². The van der Waals surface area contributed by atoms with Crippen LogP contribution in [0.1, 0.15) is 15.9 Å². The highest BCUT2D eigenvalue weighted by molar-refractivity contribution is 5.94. The molecule has 2 aromatic carbocycles. The predicted molar refractivity (Wildman–Crippen MR) is 77.1 cm³/mol. The Morgan fingerprint density at radius 2 is 1.90 bits per heavy atom. The van der Waals surface area contributed by atoms with E-state index in [0.717, 1.165) is 5.56 Å². The lowest BCUT2D eigenvalue weighted by atomic mass is 10.1. The van der Waals surface area contributed by atoms with Crippen LogP contribution in [0.2, 0.25) is 0 Å². The predicted octanol–water partition coefficient (Wildman–Crippen LogP) is 2.77. The van der Waals surface area contributed by atoms with Crippen molar-refractivity contribution in [2.24, 2.45) is 0 Å². The van der Waals surface area contributed by atoms with Crippen molar-refractivity contribution in [1.29, 1.82) is 0 Å². The molecule has 0 heterocycles. The van der Waals surface area contributed by atoms with Crippen molar-refractivity contribution < 1.29 is 18.7 Å². The molecule has 0 radical (unpaired) electrons. The number of carbonyl (C=O) groups excluding carboxylic acids is 1. The number of halogens is 1. The Balaban J connectivity index is 2.11. The number of methoxy groups -OCH3 is 2. The maximum atomic E-state index is 13.1. The molecule has 0 saturated heterocycles. The molecule has 0 aliphatic heterocycles. The summed E-state index contributed by atoms with van der Waals surface area (Å²) < 4.78 is 23.6. The zero-order valence-corrected chi connectivity index (χ0v) is 11.9. The lowest BCUT2D eigenvalue weighted by molar-refractivity contribution is 0.0950. The fraction of sp³-hybridized carbons (Fsp3) is 0.188. The quantitative estimate of drug-likeness (QED) is 0.920. The number of hydrogen-bond donors (Lipinski definition) is 1. The largest absolute Gasteiger partial charge is 0.493 e. The molecule has 2 aromatic rings. The fourth-order valence-corrected chi connectivity index (χ4v) is 2.00. The Labute approximate surface area is 122 Å². The van der Waals surface area contributed by atoms with Gasteiger partial charge in [-0.2, -0.15) is 0 Å². The number of hydrogen-bond acceptors (Lipinski definition) is 3. The Hall–Kier alpha value is -2.56. The summed E-state index contributed by atoms with van der Waals surface area (Å²) in [6.07, 6.45) is 0. The second-order valence-corrected chi connectivity index (χ2v) is 4.35. The summed E-state index contributed by atoms with van der Waals surface area (Å²) >= 11 is 0. The number of amides is 1. The van der Waals surface area contributed by atoms with Crippen molar-refractivity contribution in [3.05, 3.63) is 59.4 Å². The number of benzene rings is 2. The zero-order valence-electron chi connectivity index (χ0n) is 11.9. The molecule has 0 saturated carbocycles. The van der Waals surface area contributed by atoms with Crippen LogP contribution in [0, 0.1) is 5.82 Å². The normalized spacial score (nSPS) is 10.0. The van der Waals surface area contributed by atoms with Crippen LogP contribution in [0.15, 0.2) is 42.5 Å². The van der Waals surface area contributed by atoms with Crippen LogP contribution in [0.25, 0.3) is 0 Å². The SMILES string of the molecule is COc1cccc(CNC(=O)c2cccc(F)c2)c1OC. The third kappa shape index (κ3) is 3.51. The molecule has 0 aliphatic carbocycles. The first-order valence-corrected chi connectivity index (χ1v) is 6.39. The molecule has 0 atom stereocenters. The third-order valence-corrected chi connectivity index (χ3v) is 3.01. The standard InChI is InChI=1S/C16H16FNO3/c1-20-14-8-4-6-12(15(14)21-2)10-18-16(19)11-5-3-7-13(17)9-11/h3-9H,10H2,1-2H3,(H,18,19). The number of carbonyl (C=O) groups is 1. The number of nitrogens with one attached hydrogen (secondary N) is 1. The maximum absolute atomic E-state index is 13.1. The zero-order chi connectivity index (χ0) is 15.2. The second kappa shape index (κ2) is 6.74. The Kier molecular flexibility index (Phi) is 4.77. The smallest absolute Gasteiger partial charge is 0.251 e. The van der Waals surface area contributed by atoms with Gasteiger partial charge in [-0.25, -0.2) is 4.39 Å². The highest BCUT2D eigenvalue weighted by atomic mass is 19.1. The third-order valence-electron chi connectivity index (χ3n) is 3.01. The fourth-order valence-electron chi connectivity index (χ4n) is 2.00. The summed E-state index contributed by atoms with van der Waals surface area (Å²) in [7, 11) is 3.09. The second-order valence-electron chi connectivity index (χ2n) is 4.35. The summed E-state index contributed by atoms with van der Waals surface area (Å²) in [6, 6.07) is 11.0. The molecule has 0 unspecified atom stereocenters. The van der Waals surface area contributed by atoms with Crippen molar-refractivity contribution >= 4 is 5.91 Å². The molecule has 1 N–H and O–H groups in total. The number of para-hydroxylation sites is 1. The molecule has 0 spiro atoms. The van der Waals surface area contributed by atoms with Crippen LogP contribution < -0.4 is 14.8 Å². The van der Waals surface area contributed by atoms with Gasteiger partial charge in [-0.05, 0) is 24.3 Å². The molecule has 1 amide bonds. The average molecular weight is 289 g/mol. The van der Waals surface area contributed by atoms with Crippen LogP contribution in [-0.2, 0) is 6.54 Å². The summed E-state index contributed by atoms with van der Waals surface area (Å²) in [6.45, 7) is 0.260. The summed E-state index contributed by atoms with van der Waals surface area (Å²) in [5.41, 5.74) is 1.05.